The van der Waals surface area contributed by atoms with Crippen LogP contribution >= 0.6 is 23.1 Å². The van der Waals surface area contributed by atoms with Crippen LogP contribution in [0.3, 0.4) is 0 Å². The van der Waals surface area contributed by atoms with E-state index in [2.05, 4.69) is 20.8 Å². The van der Waals surface area contributed by atoms with Crippen molar-refractivity contribution in [2.75, 3.05) is 23.0 Å². The first-order valence-corrected chi connectivity index (χ1v) is 12.6. The number of hydrogen-bond donors (Lipinski definition) is 2. The number of nitrogens with one attached hydrogen (secondary N) is 2. The summed E-state index contributed by atoms with van der Waals surface area (Å²) in [6.45, 7) is 9.78. The second-order valence-corrected chi connectivity index (χ2v) is 9.52. The van der Waals surface area contributed by atoms with Gasteiger partial charge >= 0.3 is 5.97 Å². The number of carbonyl (C=O) groups excluding carboxylic acids is 3. The van der Waals surface area contributed by atoms with E-state index in [1.807, 2.05) is 43.5 Å². The number of aryl methyl sites for hydroxylation is 1. The summed E-state index contributed by atoms with van der Waals surface area (Å²) in [7, 11) is 0. The van der Waals surface area contributed by atoms with Crippen LogP contribution in [0.1, 0.15) is 41.6 Å². The van der Waals surface area contributed by atoms with Crippen LogP contribution in [0.4, 0.5) is 10.7 Å². The van der Waals surface area contributed by atoms with Crippen molar-refractivity contribution in [2.24, 2.45) is 0 Å². The molecule has 2 aromatic heterocycles. The van der Waals surface area contributed by atoms with E-state index in [0.29, 0.717) is 33.8 Å². The molecule has 0 radical (unpaired) electrons. The Labute approximate surface area is 206 Å². The zero-order valence-electron chi connectivity index (χ0n) is 19.7. The van der Waals surface area contributed by atoms with Crippen LogP contribution in [0, 0.1) is 13.8 Å². The summed E-state index contributed by atoms with van der Waals surface area (Å²) >= 11 is 2.62. The highest BCUT2D eigenvalue weighted by atomic mass is 32.2. The number of hydrogen-bond acceptors (Lipinski definition) is 8. The molecular weight excluding hydrogens is 474 g/mol. The van der Waals surface area contributed by atoms with Crippen LogP contribution in [0.15, 0.2) is 29.4 Å². The molecule has 0 aliphatic rings. The van der Waals surface area contributed by atoms with E-state index in [-0.39, 0.29) is 24.2 Å². The predicted molar refractivity (Wildman–Crippen MR) is 135 cm³/mol. The fourth-order valence-corrected chi connectivity index (χ4v) is 5.16. The maximum Gasteiger partial charge on any atom is 0.341 e. The van der Waals surface area contributed by atoms with Crippen molar-refractivity contribution in [3.05, 3.63) is 40.3 Å². The lowest BCUT2D eigenvalue weighted by molar-refractivity contribution is -0.114. The van der Waals surface area contributed by atoms with Gasteiger partial charge in [0.05, 0.1) is 17.9 Å². The van der Waals surface area contributed by atoms with Gasteiger partial charge in [0.2, 0.25) is 11.8 Å². The average Bonchev–Trinajstić information content (AvgIpc) is 3.32. The number of ether oxygens (including phenoxy) is 1. The Bertz CT molecular complexity index is 1220. The molecule has 0 bridgehead atoms. The molecule has 0 spiro atoms. The first-order chi connectivity index (χ1) is 16.2. The van der Waals surface area contributed by atoms with Crippen LogP contribution in [0.25, 0.3) is 11.4 Å². The highest BCUT2D eigenvalue weighted by Gasteiger charge is 2.22. The summed E-state index contributed by atoms with van der Waals surface area (Å²) in [5.41, 5.74) is 2.69. The van der Waals surface area contributed by atoms with Crippen molar-refractivity contribution in [3.63, 3.8) is 0 Å². The van der Waals surface area contributed by atoms with Gasteiger partial charge in [-0.3, -0.25) is 9.59 Å². The topological polar surface area (TPSA) is 115 Å². The fraction of sp³-hybridized carbons (Fsp3) is 0.348. The van der Waals surface area contributed by atoms with Crippen LogP contribution in [0.2, 0.25) is 0 Å². The van der Waals surface area contributed by atoms with E-state index in [4.69, 9.17) is 4.74 Å². The number of thioether (sulfide) groups is 1. The molecule has 0 atom stereocenters. The van der Waals surface area contributed by atoms with Crippen LogP contribution in [0.5, 0.6) is 0 Å². The van der Waals surface area contributed by atoms with Gasteiger partial charge in [0.25, 0.3) is 0 Å². The zero-order chi connectivity index (χ0) is 24.8. The van der Waals surface area contributed by atoms with Crippen LogP contribution in [-0.4, -0.2) is 44.9 Å². The van der Waals surface area contributed by atoms with Crippen LogP contribution in [-0.2, 0) is 20.9 Å². The zero-order valence-corrected chi connectivity index (χ0v) is 21.4. The number of esters is 1. The Kier molecular flexibility index (Phi) is 8.46. The average molecular weight is 502 g/mol. The lowest BCUT2D eigenvalue weighted by Crippen LogP contribution is -2.17. The number of rotatable bonds is 9. The summed E-state index contributed by atoms with van der Waals surface area (Å²) in [4.78, 5) is 37.4. The lowest BCUT2D eigenvalue weighted by atomic mass is 10.1. The number of anilines is 2. The number of aromatic nitrogens is 3. The predicted octanol–water partition coefficient (Wildman–Crippen LogP) is 4.51. The van der Waals surface area contributed by atoms with Crippen molar-refractivity contribution >= 4 is 51.6 Å². The van der Waals surface area contributed by atoms with Crippen molar-refractivity contribution in [1.82, 2.24) is 14.8 Å². The van der Waals surface area contributed by atoms with Gasteiger partial charge in [0, 0.05) is 29.6 Å². The normalized spacial score (nSPS) is 10.7. The molecule has 9 nitrogen and oxygen atoms in total. The number of nitrogens with zero attached hydrogens (tertiary/aromatic N) is 3. The monoisotopic (exact) mass is 501 g/mol. The Morgan fingerprint density at radius 1 is 1.15 bits per heavy atom. The minimum Gasteiger partial charge on any atom is -0.462 e. The van der Waals surface area contributed by atoms with Crippen molar-refractivity contribution in [1.29, 1.82) is 0 Å². The molecule has 0 aliphatic heterocycles. The Hall–Kier alpha value is -3.18. The van der Waals surface area contributed by atoms with Gasteiger partial charge in [-0.05, 0) is 45.4 Å². The number of benzene rings is 1. The molecule has 0 fully saturated rings. The lowest BCUT2D eigenvalue weighted by Gasteiger charge is -2.09. The molecule has 1 aromatic carbocycles. The van der Waals surface area contributed by atoms with Gasteiger partial charge in [-0.2, -0.15) is 0 Å². The smallest absolute Gasteiger partial charge is 0.341 e. The first-order valence-electron chi connectivity index (χ1n) is 10.8. The van der Waals surface area contributed by atoms with Crippen molar-refractivity contribution < 1.29 is 19.1 Å². The van der Waals surface area contributed by atoms with Crippen LogP contribution < -0.4 is 10.6 Å². The molecule has 0 saturated heterocycles. The summed E-state index contributed by atoms with van der Waals surface area (Å²) in [6.07, 6.45) is 0. The van der Waals surface area contributed by atoms with Gasteiger partial charge in [0.15, 0.2) is 11.0 Å². The van der Waals surface area contributed by atoms with Crippen molar-refractivity contribution in [2.45, 2.75) is 46.3 Å². The maximum absolute atomic E-state index is 12.7. The van der Waals surface area contributed by atoms with Gasteiger partial charge < -0.3 is 19.9 Å². The number of thiophene rings is 1. The molecule has 11 heteroatoms. The van der Waals surface area contributed by atoms with Gasteiger partial charge in [-0.15, -0.1) is 21.5 Å². The maximum atomic E-state index is 12.7. The van der Waals surface area contributed by atoms with E-state index in [1.54, 1.807) is 13.0 Å². The fourth-order valence-electron chi connectivity index (χ4n) is 3.29. The molecular formula is C23H27N5O4S2. The third-order valence-electron chi connectivity index (χ3n) is 4.92. The largest absolute Gasteiger partial charge is 0.462 e. The Balaban J connectivity index is 1.73. The number of carbonyl (C=O) groups is 3. The van der Waals surface area contributed by atoms with E-state index >= 15 is 0 Å². The van der Waals surface area contributed by atoms with E-state index in [9.17, 15) is 14.4 Å². The summed E-state index contributed by atoms with van der Waals surface area (Å²) in [5, 5.41) is 15.3. The molecule has 0 saturated carbocycles. The quantitative estimate of drug-likeness (QED) is 0.327. The minimum atomic E-state index is -0.441. The SMILES string of the molecule is CCOC(=O)c1c(NC(=O)CSc2nnc(-c3cccc(NC(C)=O)c3)n2CC)sc(C)c1C. The minimum absolute atomic E-state index is 0.0995. The molecule has 2 heterocycles. The Morgan fingerprint density at radius 3 is 2.59 bits per heavy atom. The number of amides is 2. The van der Waals surface area contributed by atoms with E-state index in [0.717, 1.165) is 16.0 Å². The third-order valence-corrected chi connectivity index (χ3v) is 7.01. The highest BCUT2D eigenvalue weighted by molar-refractivity contribution is 7.99. The standard InChI is InChI=1S/C23H27N5O4S2/c1-6-28-20(16-9-8-10-17(11-16)24-15(5)29)26-27-23(28)33-12-18(30)25-21-19(22(31)32-7-2)13(3)14(4)34-21/h8-11H,6-7,12H2,1-5H3,(H,24,29)(H,25,30). The summed E-state index contributed by atoms with van der Waals surface area (Å²) in [5.74, 6) is -0.103. The molecule has 3 rings (SSSR count). The molecule has 2 amide bonds. The molecule has 2 N–H and O–H groups in total. The van der Waals surface area contributed by atoms with Gasteiger partial charge in [-0.1, -0.05) is 23.9 Å². The summed E-state index contributed by atoms with van der Waals surface area (Å²) < 4.78 is 7.06. The molecule has 180 valence electrons. The Morgan fingerprint density at radius 2 is 1.91 bits per heavy atom. The first kappa shape index (κ1) is 25.4. The summed E-state index contributed by atoms with van der Waals surface area (Å²) in [6, 6.07) is 7.36. The van der Waals surface area contributed by atoms with Crippen molar-refractivity contribution in [3.8, 4) is 11.4 Å². The second kappa shape index (κ2) is 11.3. The molecule has 34 heavy (non-hydrogen) atoms. The van der Waals surface area contributed by atoms with E-state index in [1.165, 1.54) is 30.0 Å². The van der Waals surface area contributed by atoms with Gasteiger partial charge in [0.1, 0.15) is 5.00 Å². The highest BCUT2D eigenvalue weighted by Crippen LogP contribution is 2.33. The molecule has 3 aromatic rings. The van der Waals surface area contributed by atoms with E-state index < -0.39 is 5.97 Å². The third kappa shape index (κ3) is 5.84. The molecule has 0 aliphatic carbocycles. The second-order valence-electron chi connectivity index (χ2n) is 7.36. The molecule has 0 unspecified atom stereocenters. The van der Waals surface area contributed by atoms with Gasteiger partial charge in [-0.25, -0.2) is 4.79 Å².